The van der Waals surface area contributed by atoms with Gasteiger partial charge in [0, 0.05) is 18.7 Å². The Kier molecular flexibility index (Phi) is 4.56. The molecule has 4 rings (SSSR count). The van der Waals surface area contributed by atoms with Gasteiger partial charge in [-0.1, -0.05) is 29.3 Å². The van der Waals surface area contributed by atoms with Crippen molar-refractivity contribution in [3.63, 3.8) is 0 Å². The van der Waals surface area contributed by atoms with Gasteiger partial charge in [0.15, 0.2) is 0 Å². The van der Waals surface area contributed by atoms with E-state index in [0.717, 1.165) is 40.8 Å². The fourth-order valence-electron chi connectivity index (χ4n) is 4.22. The summed E-state index contributed by atoms with van der Waals surface area (Å²) in [5.74, 6) is -0.0208. The van der Waals surface area contributed by atoms with Gasteiger partial charge in [-0.25, -0.2) is 8.42 Å². The topological polar surface area (TPSA) is 66.5 Å². The second-order valence-electron chi connectivity index (χ2n) is 7.56. The van der Waals surface area contributed by atoms with Crippen LogP contribution in [0, 0.1) is 13.8 Å². The molecule has 2 aromatic rings. The maximum atomic E-state index is 13.4. The molecule has 0 aliphatic carbocycles. The molecule has 0 spiro atoms. The largest absolute Gasteiger partial charge is 0.326 e. The minimum atomic E-state index is -3.59. The van der Waals surface area contributed by atoms with Crippen LogP contribution >= 0.6 is 0 Å². The molecule has 0 radical (unpaired) electrons. The van der Waals surface area contributed by atoms with E-state index in [1.54, 1.807) is 22.5 Å². The van der Waals surface area contributed by atoms with Crippen LogP contribution in [0.2, 0.25) is 0 Å². The summed E-state index contributed by atoms with van der Waals surface area (Å²) in [4.78, 5) is 11.8. The van der Waals surface area contributed by atoms with E-state index in [0.29, 0.717) is 24.3 Å². The van der Waals surface area contributed by atoms with Crippen molar-refractivity contribution < 1.29 is 13.2 Å². The third kappa shape index (κ3) is 3.39. The van der Waals surface area contributed by atoms with Crippen molar-refractivity contribution in [3.8, 4) is 0 Å². The molecule has 0 aromatic heterocycles. The van der Waals surface area contributed by atoms with Gasteiger partial charge in [-0.15, -0.1) is 0 Å². The van der Waals surface area contributed by atoms with Crippen molar-refractivity contribution in [1.29, 1.82) is 0 Å². The summed E-state index contributed by atoms with van der Waals surface area (Å²) in [6.45, 7) is 4.62. The minimum Gasteiger partial charge on any atom is -0.326 e. The molecule has 1 atom stereocenters. The molecule has 142 valence electrons. The highest BCUT2D eigenvalue weighted by Gasteiger charge is 2.36. The lowest BCUT2D eigenvalue weighted by Crippen LogP contribution is -2.31. The average molecular weight is 385 g/mol. The van der Waals surface area contributed by atoms with Crippen LogP contribution in [0.3, 0.4) is 0 Å². The molecule has 1 amide bonds. The number of carbonyl (C=O) groups is 1. The van der Waals surface area contributed by atoms with Gasteiger partial charge in [0.2, 0.25) is 15.9 Å². The first-order valence-electron chi connectivity index (χ1n) is 9.37. The smallest absolute Gasteiger partial charge is 0.243 e. The Bertz CT molecular complexity index is 994. The summed E-state index contributed by atoms with van der Waals surface area (Å²) in [6.07, 6.45) is 2.66. The van der Waals surface area contributed by atoms with Gasteiger partial charge < -0.3 is 5.32 Å². The third-order valence-electron chi connectivity index (χ3n) is 5.41. The average Bonchev–Trinajstić information content (AvgIpc) is 3.11. The second-order valence-corrected chi connectivity index (χ2v) is 9.45. The summed E-state index contributed by atoms with van der Waals surface area (Å²) in [5.41, 5.74) is 4.98. The first kappa shape index (κ1) is 18.2. The summed E-state index contributed by atoms with van der Waals surface area (Å²) in [6, 6.07) is 11.2. The number of anilines is 1. The number of carbonyl (C=O) groups excluding carboxylic acids is 1. The molecule has 2 aromatic carbocycles. The second kappa shape index (κ2) is 6.77. The highest BCUT2D eigenvalue weighted by molar-refractivity contribution is 7.89. The van der Waals surface area contributed by atoms with E-state index in [1.807, 2.05) is 13.8 Å². The van der Waals surface area contributed by atoms with Gasteiger partial charge in [0.1, 0.15) is 0 Å². The molecule has 1 N–H and O–H groups in total. The highest BCUT2D eigenvalue weighted by atomic mass is 32.2. The monoisotopic (exact) mass is 384 g/mol. The molecule has 6 heteroatoms. The lowest BCUT2D eigenvalue weighted by Gasteiger charge is -2.26. The number of aryl methyl sites for hydroxylation is 3. The van der Waals surface area contributed by atoms with Crippen LogP contribution in [-0.2, 0) is 21.2 Å². The van der Waals surface area contributed by atoms with Crippen LogP contribution in [0.4, 0.5) is 5.69 Å². The molecule has 5 nitrogen and oxygen atoms in total. The quantitative estimate of drug-likeness (QED) is 0.877. The van der Waals surface area contributed by atoms with Crippen LogP contribution in [-0.4, -0.2) is 25.2 Å². The molecule has 2 aliphatic heterocycles. The van der Waals surface area contributed by atoms with Gasteiger partial charge in [-0.2, -0.15) is 4.31 Å². The van der Waals surface area contributed by atoms with Gasteiger partial charge in [-0.05, 0) is 62.4 Å². The normalized spacial score (nSPS) is 20.4. The maximum Gasteiger partial charge on any atom is 0.243 e. The highest BCUT2D eigenvalue weighted by Crippen LogP contribution is 2.38. The van der Waals surface area contributed by atoms with E-state index in [4.69, 9.17) is 0 Å². The van der Waals surface area contributed by atoms with E-state index in [-0.39, 0.29) is 11.9 Å². The molecule has 2 aliphatic rings. The zero-order valence-electron chi connectivity index (χ0n) is 15.7. The van der Waals surface area contributed by atoms with E-state index in [1.165, 1.54) is 0 Å². The molecule has 27 heavy (non-hydrogen) atoms. The van der Waals surface area contributed by atoms with Gasteiger partial charge in [-0.3, -0.25) is 4.79 Å². The molecule has 0 saturated carbocycles. The van der Waals surface area contributed by atoms with Gasteiger partial charge in [0.25, 0.3) is 0 Å². The Morgan fingerprint density at radius 2 is 1.78 bits per heavy atom. The first-order chi connectivity index (χ1) is 12.8. The van der Waals surface area contributed by atoms with Crippen LogP contribution in [0.1, 0.15) is 47.6 Å². The van der Waals surface area contributed by atoms with E-state index < -0.39 is 10.0 Å². The molecule has 0 bridgehead atoms. The standard InChI is InChI=1S/C21H24N2O3S/c1-14-10-15(2)12-17(11-14)20-4-3-9-23(20)27(25,26)18-6-7-19-16(13-18)5-8-21(24)22-19/h6-7,10-13,20H,3-5,8-9H2,1-2H3,(H,22,24). The lowest BCUT2D eigenvalue weighted by molar-refractivity contribution is -0.116. The Labute approximate surface area is 160 Å². The number of fused-ring (bicyclic) bond motifs is 1. The fourth-order valence-corrected chi connectivity index (χ4v) is 5.95. The van der Waals surface area contributed by atoms with Crippen molar-refractivity contribution in [2.75, 3.05) is 11.9 Å². The predicted molar refractivity (Wildman–Crippen MR) is 105 cm³/mol. The minimum absolute atomic E-state index is 0.0208. The van der Waals surface area contributed by atoms with Gasteiger partial charge >= 0.3 is 0 Å². The maximum absolute atomic E-state index is 13.4. The van der Waals surface area contributed by atoms with Crippen molar-refractivity contribution in [1.82, 2.24) is 4.31 Å². The van der Waals surface area contributed by atoms with E-state index in [9.17, 15) is 13.2 Å². The Morgan fingerprint density at radius 3 is 2.52 bits per heavy atom. The molecule has 2 heterocycles. The van der Waals surface area contributed by atoms with Crippen molar-refractivity contribution in [3.05, 3.63) is 58.7 Å². The molecular weight excluding hydrogens is 360 g/mol. The Balaban J connectivity index is 1.69. The number of benzene rings is 2. The third-order valence-corrected chi connectivity index (χ3v) is 7.32. The van der Waals surface area contributed by atoms with Crippen molar-refractivity contribution in [2.45, 2.75) is 50.5 Å². The van der Waals surface area contributed by atoms with E-state index >= 15 is 0 Å². The summed E-state index contributed by atoms with van der Waals surface area (Å²) in [5, 5.41) is 2.81. The number of sulfonamides is 1. The summed E-state index contributed by atoms with van der Waals surface area (Å²) < 4.78 is 28.4. The number of nitrogens with one attached hydrogen (secondary N) is 1. The number of amides is 1. The van der Waals surface area contributed by atoms with Crippen molar-refractivity contribution in [2.24, 2.45) is 0 Å². The molecule has 1 fully saturated rings. The number of rotatable bonds is 3. The lowest BCUT2D eigenvalue weighted by atomic mass is 10.0. The van der Waals surface area contributed by atoms with E-state index in [2.05, 4.69) is 23.5 Å². The zero-order valence-corrected chi connectivity index (χ0v) is 16.5. The van der Waals surface area contributed by atoms with Crippen LogP contribution in [0.25, 0.3) is 0 Å². The van der Waals surface area contributed by atoms with Crippen LogP contribution < -0.4 is 5.32 Å². The number of hydrogen-bond donors (Lipinski definition) is 1. The molecular formula is C21H24N2O3S. The summed E-state index contributed by atoms with van der Waals surface area (Å²) >= 11 is 0. The fraction of sp³-hybridized carbons (Fsp3) is 0.381. The predicted octanol–water partition coefficient (Wildman–Crippen LogP) is 3.71. The molecule has 1 unspecified atom stereocenters. The number of nitrogens with zero attached hydrogens (tertiary/aromatic N) is 1. The number of hydrogen-bond acceptors (Lipinski definition) is 3. The Hall–Kier alpha value is -2.18. The van der Waals surface area contributed by atoms with Gasteiger partial charge in [0.05, 0.1) is 10.9 Å². The van der Waals surface area contributed by atoms with Crippen LogP contribution in [0.15, 0.2) is 41.3 Å². The van der Waals surface area contributed by atoms with Crippen molar-refractivity contribution >= 4 is 21.6 Å². The summed E-state index contributed by atoms with van der Waals surface area (Å²) in [7, 11) is -3.59. The SMILES string of the molecule is Cc1cc(C)cc(C2CCCN2S(=O)(=O)c2ccc3c(c2)CCC(=O)N3)c1. The first-order valence-corrected chi connectivity index (χ1v) is 10.8. The zero-order chi connectivity index (χ0) is 19.2. The Morgan fingerprint density at radius 1 is 1.04 bits per heavy atom. The van der Waals surface area contributed by atoms with Crippen LogP contribution in [0.5, 0.6) is 0 Å². The molecule has 1 saturated heterocycles.